The van der Waals surface area contributed by atoms with Crippen molar-refractivity contribution in [3.63, 3.8) is 0 Å². The molecule has 6 nitrogen and oxygen atoms in total. The van der Waals surface area contributed by atoms with E-state index in [1.165, 1.54) is 0 Å². The molecule has 4 rings (SSSR count). The number of aromatic nitrogens is 1. The van der Waals surface area contributed by atoms with E-state index in [2.05, 4.69) is 27.3 Å². The van der Waals surface area contributed by atoms with Crippen LogP contribution >= 0.6 is 0 Å². The fourth-order valence-electron chi connectivity index (χ4n) is 4.11. The summed E-state index contributed by atoms with van der Waals surface area (Å²) < 4.78 is 5.15. The second-order valence-electron chi connectivity index (χ2n) is 8.13. The van der Waals surface area contributed by atoms with Crippen LogP contribution in [0.2, 0.25) is 0 Å². The smallest absolute Gasteiger partial charge is 0.309 e. The topological polar surface area (TPSA) is 74.4 Å². The van der Waals surface area contributed by atoms with Gasteiger partial charge in [0.1, 0.15) is 0 Å². The van der Waals surface area contributed by atoms with E-state index in [1.54, 1.807) is 0 Å². The number of anilines is 2. The Kier molecular flexibility index (Phi) is 6.26. The van der Waals surface area contributed by atoms with Gasteiger partial charge in [0.25, 0.3) is 5.56 Å². The second kappa shape index (κ2) is 9.25. The van der Waals surface area contributed by atoms with E-state index in [1.807, 2.05) is 50.2 Å². The van der Waals surface area contributed by atoms with Crippen LogP contribution in [0.25, 0.3) is 10.9 Å². The molecule has 1 saturated heterocycles. The monoisotopic (exact) mass is 419 g/mol. The fourth-order valence-corrected chi connectivity index (χ4v) is 4.11. The van der Waals surface area contributed by atoms with Crippen LogP contribution in [0.4, 0.5) is 11.4 Å². The number of carbonyl (C=O) groups excluding carboxylic acids is 1. The molecule has 1 aliphatic rings. The van der Waals surface area contributed by atoms with Gasteiger partial charge in [0.2, 0.25) is 0 Å². The van der Waals surface area contributed by atoms with E-state index in [0.29, 0.717) is 18.7 Å². The molecule has 0 spiro atoms. The van der Waals surface area contributed by atoms with E-state index >= 15 is 0 Å². The Hall–Kier alpha value is -3.28. The highest BCUT2D eigenvalue weighted by Gasteiger charge is 2.26. The zero-order chi connectivity index (χ0) is 21.8. The molecule has 0 amide bonds. The van der Waals surface area contributed by atoms with Crippen LogP contribution in [0.1, 0.15) is 30.9 Å². The first-order chi connectivity index (χ1) is 15.0. The molecule has 1 aromatic heterocycles. The molecule has 6 heteroatoms. The molecule has 0 atom stereocenters. The van der Waals surface area contributed by atoms with Crippen molar-refractivity contribution in [3.8, 4) is 0 Å². The molecule has 0 aliphatic carbocycles. The lowest BCUT2D eigenvalue weighted by atomic mass is 9.96. The molecule has 31 heavy (non-hydrogen) atoms. The van der Waals surface area contributed by atoms with Crippen LogP contribution in [0.3, 0.4) is 0 Å². The standard InChI is InChI=1S/C25H29N3O3/c1-3-31-25(30)18-10-12-28(13-11-18)22-8-6-21(7-9-22)26-16-20-15-19-5-4-17(2)14-23(19)27-24(20)29/h4-9,14-15,18,26H,3,10-13,16H2,1-2H3,(H,27,29). The molecule has 162 valence electrons. The first kappa shape index (κ1) is 21.0. The Morgan fingerprint density at radius 1 is 1.13 bits per heavy atom. The highest BCUT2D eigenvalue weighted by atomic mass is 16.5. The quantitative estimate of drug-likeness (QED) is 0.585. The number of ether oxygens (including phenoxy) is 1. The molecule has 0 bridgehead atoms. The molecule has 0 saturated carbocycles. The van der Waals surface area contributed by atoms with Gasteiger partial charge >= 0.3 is 5.97 Å². The number of benzene rings is 2. The number of fused-ring (bicyclic) bond motifs is 1. The van der Waals surface area contributed by atoms with Gasteiger partial charge in [0.15, 0.2) is 0 Å². The van der Waals surface area contributed by atoms with Gasteiger partial charge in [-0.3, -0.25) is 9.59 Å². The normalized spacial score (nSPS) is 14.6. The van der Waals surface area contributed by atoms with E-state index in [-0.39, 0.29) is 17.4 Å². The summed E-state index contributed by atoms with van der Waals surface area (Å²) in [5.41, 5.74) is 4.75. The van der Waals surface area contributed by atoms with Gasteiger partial charge in [-0.1, -0.05) is 12.1 Å². The Bertz CT molecular complexity index is 1110. The number of hydrogen-bond acceptors (Lipinski definition) is 5. The van der Waals surface area contributed by atoms with Crippen molar-refractivity contribution in [2.24, 2.45) is 5.92 Å². The zero-order valence-corrected chi connectivity index (χ0v) is 18.1. The highest BCUT2D eigenvalue weighted by Crippen LogP contribution is 2.25. The number of aromatic amines is 1. The predicted octanol–water partition coefficient (Wildman–Crippen LogP) is 4.23. The summed E-state index contributed by atoms with van der Waals surface area (Å²) in [6.45, 7) is 6.46. The van der Waals surface area contributed by atoms with Gasteiger partial charge in [-0.15, -0.1) is 0 Å². The molecule has 1 aliphatic heterocycles. The first-order valence-corrected chi connectivity index (χ1v) is 10.9. The van der Waals surface area contributed by atoms with Crippen molar-refractivity contribution in [3.05, 3.63) is 70.0 Å². The van der Waals surface area contributed by atoms with Crippen molar-refractivity contribution < 1.29 is 9.53 Å². The summed E-state index contributed by atoms with van der Waals surface area (Å²) in [5.74, 6) is -0.0541. The van der Waals surface area contributed by atoms with Crippen molar-refractivity contribution >= 4 is 28.2 Å². The number of hydrogen-bond donors (Lipinski definition) is 2. The number of carbonyl (C=O) groups is 1. The minimum absolute atomic E-state index is 0.0149. The van der Waals surface area contributed by atoms with Crippen LogP contribution in [-0.4, -0.2) is 30.6 Å². The molecule has 2 N–H and O–H groups in total. The molecule has 0 radical (unpaired) electrons. The number of nitrogens with zero attached hydrogens (tertiary/aromatic N) is 1. The third kappa shape index (κ3) is 4.90. The predicted molar refractivity (Wildman–Crippen MR) is 125 cm³/mol. The fraction of sp³-hybridized carbons (Fsp3) is 0.360. The number of pyridine rings is 1. The largest absolute Gasteiger partial charge is 0.466 e. The summed E-state index contributed by atoms with van der Waals surface area (Å²) in [7, 11) is 0. The summed E-state index contributed by atoms with van der Waals surface area (Å²) >= 11 is 0. The highest BCUT2D eigenvalue weighted by molar-refractivity contribution is 5.79. The van der Waals surface area contributed by atoms with Gasteiger partial charge < -0.3 is 19.9 Å². The maximum Gasteiger partial charge on any atom is 0.309 e. The van der Waals surface area contributed by atoms with Gasteiger partial charge in [-0.05, 0) is 74.0 Å². The molecule has 2 aromatic carbocycles. The number of nitrogens with one attached hydrogen (secondary N) is 2. The Morgan fingerprint density at radius 2 is 1.87 bits per heavy atom. The van der Waals surface area contributed by atoms with Gasteiger partial charge in [0, 0.05) is 42.1 Å². The number of H-pyrrole nitrogens is 1. The lowest BCUT2D eigenvalue weighted by molar-refractivity contribution is -0.148. The summed E-state index contributed by atoms with van der Waals surface area (Å²) in [6.07, 6.45) is 1.65. The van der Waals surface area contributed by atoms with Crippen LogP contribution in [0.5, 0.6) is 0 Å². The molecule has 2 heterocycles. The average molecular weight is 420 g/mol. The van der Waals surface area contributed by atoms with Gasteiger partial charge in [-0.2, -0.15) is 0 Å². The molecular weight excluding hydrogens is 390 g/mol. The Morgan fingerprint density at radius 3 is 2.58 bits per heavy atom. The van der Waals surface area contributed by atoms with Crippen molar-refractivity contribution in [2.75, 3.05) is 29.9 Å². The second-order valence-corrected chi connectivity index (χ2v) is 8.13. The van der Waals surface area contributed by atoms with E-state index < -0.39 is 0 Å². The Balaban J connectivity index is 1.36. The average Bonchev–Trinajstić information content (AvgIpc) is 2.78. The van der Waals surface area contributed by atoms with Gasteiger partial charge in [0.05, 0.1) is 12.5 Å². The number of rotatable bonds is 6. The summed E-state index contributed by atoms with van der Waals surface area (Å²) in [4.78, 5) is 29.6. The molecule has 1 fully saturated rings. The van der Waals surface area contributed by atoms with Crippen LogP contribution in [-0.2, 0) is 16.1 Å². The van der Waals surface area contributed by atoms with E-state index in [4.69, 9.17) is 4.74 Å². The molecule has 3 aromatic rings. The SMILES string of the molecule is CCOC(=O)C1CCN(c2ccc(NCc3cc4ccc(C)cc4[nH]c3=O)cc2)CC1. The third-order valence-electron chi connectivity index (χ3n) is 5.91. The zero-order valence-electron chi connectivity index (χ0n) is 18.1. The number of esters is 1. The summed E-state index contributed by atoms with van der Waals surface area (Å²) in [6, 6.07) is 16.2. The third-order valence-corrected chi connectivity index (χ3v) is 5.91. The maximum absolute atomic E-state index is 12.4. The van der Waals surface area contributed by atoms with Gasteiger partial charge in [-0.25, -0.2) is 0 Å². The van der Waals surface area contributed by atoms with Crippen molar-refractivity contribution in [2.45, 2.75) is 33.2 Å². The lowest BCUT2D eigenvalue weighted by Gasteiger charge is -2.32. The molecular formula is C25H29N3O3. The van der Waals surface area contributed by atoms with E-state index in [9.17, 15) is 9.59 Å². The van der Waals surface area contributed by atoms with E-state index in [0.717, 1.165) is 53.8 Å². The van der Waals surface area contributed by atoms with Crippen LogP contribution in [0, 0.1) is 12.8 Å². The molecule has 0 unspecified atom stereocenters. The van der Waals surface area contributed by atoms with Crippen molar-refractivity contribution in [1.29, 1.82) is 0 Å². The minimum Gasteiger partial charge on any atom is -0.466 e. The number of piperidine rings is 1. The lowest BCUT2D eigenvalue weighted by Crippen LogP contribution is -2.36. The van der Waals surface area contributed by atoms with Crippen LogP contribution < -0.4 is 15.8 Å². The number of aryl methyl sites for hydroxylation is 1. The summed E-state index contributed by atoms with van der Waals surface area (Å²) in [5, 5.41) is 4.38. The minimum atomic E-state index is -0.0690. The Labute approximate surface area is 182 Å². The van der Waals surface area contributed by atoms with Crippen LogP contribution in [0.15, 0.2) is 53.3 Å². The maximum atomic E-state index is 12.4. The van der Waals surface area contributed by atoms with Crippen molar-refractivity contribution in [1.82, 2.24) is 4.98 Å². The first-order valence-electron chi connectivity index (χ1n) is 10.9.